The van der Waals surface area contributed by atoms with Gasteiger partial charge in [0.05, 0.1) is 24.9 Å². The van der Waals surface area contributed by atoms with Crippen LogP contribution in [0.1, 0.15) is 40.4 Å². The van der Waals surface area contributed by atoms with Crippen LogP contribution in [-0.2, 0) is 4.79 Å². The first kappa shape index (κ1) is 18.8. The van der Waals surface area contributed by atoms with Crippen LogP contribution in [0.5, 0.6) is 0 Å². The van der Waals surface area contributed by atoms with E-state index < -0.39 is 0 Å². The average molecular weight is 402 g/mol. The summed E-state index contributed by atoms with van der Waals surface area (Å²) in [5, 5.41) is 9.92. The van der Waals surface area contributed by atoms with Crippen LogP contribution in [0.2, 0.25) is 0 Å². The van der Waals surface area contributed by atoms with Gasteiger partial charge in [-0.25, -0.2) is 4.98 Å². The number of piperazine rings is 1. The van der Waals surface area contributed by atoms with Crippen molar-refractivity contribution in [1.82, 2.24) is 19.8 Å². The first-order valence-corrected chi connectivity index (χ1v) is 10.2. The van der Waals surface area contributed by atoms with Crippen molar-refractivity contribution in [1.29, 1.82) is 0 Å². The Hall–Kier alpha value is -3.24. The number of amides is 2. The fraction of sp³-hybridized carbons (Fsp3) is 0.391. The molecule has 7 nitrogen and oxygen atoms in total. The number of nitrogens with zero attached hydrogens (tertiary/aromatic N) is 4. The van der Waals surface area contributed by atoms with E-state index >= 15 is 0 Å². The van der Waals surface area contributed by atoms with E-state index in [1.165, 1.54) is 36.3 Å². The number of carbonyl (C=O) groups excluding carboxylic acids is 2. The summed E-state index contributed by atoms with van der Waals surface area (Å²) in [4.78, 5) is 36.8. The predicted octanol–water partition coefficient (Wildman–Crippen LogP) is 1.05. The Morgan fingerprint density at radius 2 is 2.00 bits per heavy atom. The summed E-state index contributed by atoms with van der Waals surface area (Å²) >= 11 is 0. The lowest BCUT2D eigenvalue weighted by atomic mass is 9.73. The lowest BCUT2D eigenvalue weighted by Crippen LogP contribution is -2.73. The second-order valence-electron chi connectivity index (χ2n) is 8.09. The van der Waals surface area contributed by atoms with Crippen molar-refractivity contribution in [3.05, 3.63) is 59.7 Å². The summed E-state index contributed by atoms with van der Waals surface area (Å²) in [5.74, 6) is 6.54. The van der Waals surface area contributed by atoms with Gasteiger partial charge in [0.2, 0.25) is 5.91 Å². The zero-order valence-electron chi connectivity index (χ0n) is 16.4. The number of aliphatic hydroxyl groups is 1. The standard InChI is InChI=1S/C23H22N4O3/c28-14-20-22(17-7-5-16(6-8-17)4-3-15-1-2-15)19-12-26(13-21(29)27(19)20)23(30)18-11-24-9-10-25-18/h5-11,15,19-20,22,28H,1-2,12-14H2/t19-,20-,22+/m1/s1. The second-order valence-corrected chi connectivity index (χ2v) is 8.09. The third-order valence-electron chi connectivity index (χ3n) is 6.12. The molecule has 3 fully saturated rings. The fourth-order valence-corrected chi connectivity index (χ4v) is 4.43. The number of rotatable bonds is 3. The maximum absolute atomic E-state index is 12.8. The summed E-state index contributed by atoms with van der Waals surface area (Å²) in [6.07, 6.45) is 6.77. The minimum atomic E-state index is -0.298. The molecule has 30 heavy (non-hydrogen) atoms. The SMILES string of the molecule is O=C(c1cnccn1)N1CC(=O)N2[C@H](CO)[C@@H](c3ccc(C#CC4CC4)cc3)[C@H]2C1. The van der Waals surface area contributed by atoms with Crippen molar-refractivity contribution in [2.45, 2.75) is 30.8 Å². The Labute approximate surface area is 174 Å². The highest BCUT2D eigenvalue weighted by molar-refractivity contribution is 5.95. The maximum atomic E-state index is 12.8. The van der Waals surface area contributed by atoms with E-state index in [-0.39, 0.29) is 48.7 Å². The molecule has 1 aromatic carbocycles. The monoisotopic (exact) mass is 402 g/mol. The first-order chi connectivity index (χ1) is 14.7. The Kier molecular flexibility index (Phi) is 4.72. The average Bonchev–Trinajstić information content (AvgIpc) is 3.59. The molecule has 2 amide bonds. The molecule has 0 bridgehead atoms. The molecule has 0 spiro atoms. The summed E-state index contributed by atoms with van der Waals surface area (Å²) in [5.41, 5.74) is 2.25. The van der Waals surface area contributed by atoms with E-state index in [0.717, 1.165) is 11.1 Å². The highest BCUT2D eigenvalue weighted by Gasteiger charge is 2.54. The van der Waals surface area contributed by atoms with Crippen LogP contribution in [0.15, 0.2) is 42.9 Å². The molecule has 2 saturated heterocycles. The van der Waals surface area contributed by atoms with E-state index in [1.807, 2.05) is 24.3 Å². The molecule has 3 heterocycles. The van der Waals surface area contributed by atoms with Crippen LogP contribution in [0.3, 0.4) is 0 Å². The largest absolute Gasteiger partial charge is 0.394 e. The minimum absolute atomic E-state index is 0.00911. The third-order valence-corrected chi connectivity index (χ3v) is 6.12. The van der Waals surface area contributed by atoms with E-state index in [1.54, 1.807) is 4.90 Å². The zero-order chi connectivity index (χ0) is 20.7. The molecule has 1 aliphatic carbocycles. The van der Waals surface area contributed by atoms with Crippen LogP contribution in [0.25, 0.3) is 0 Å². The topological polar surface area (TPSA) is 86.6 Å². The molecule has 0 unspecified atom stereocenters. The molecule has 3 atom stereocenters. The molecular weight excluding hydrogens is 380 g/mol. The van der Waals surface area contributed by atoms with Crippen LogP contribution in [-0.4, -0.2) is 68.5 Å². The normalized spacial score (nSPS) is 25.1. The van der Waals surface area contributed by atoms with Gasteiger partial charge in [0.1, 0.15) is 12.2 Å². The first-order valence-electron chi connectivity index (χ1n) is 10.2. The number of fused-ring (bicyclic) bond motifs is 1. The molecule has 0 radical (unpaired) electrons. The number of hydrogen-bond acceptors (Lipinski definition) is 5. The molecule has 1 saturated carbocycles. The molecule has 2 aliphatic heterocycles. The van der Waals surface area contributed by atoms with Crippen LogP contribution in [0, 0.1) is 17.8 Å². The molecule has 1 N–H and O–H groups in total. The van der Waals surface area contributed by atoms with E-state index in [2.05, 4.69) is 21.8 Å². The highest BCUT2D eigenvalue weighted by Crippen LogP contribution is 2.43. The van der Waals surface area contributed by atoms with Crippen LogP contribution < -0.4 is 0 Å². The molecule has 3 aliphatic rings. The van der Waals surface area contributed by atoms with Gasteiger partial charge < -0.3 is 14.9 Å². The van der Waals surface area contributed by atoms with Gasteiger partial charge in [0, 0.05) is 36.3 Å². The summed E-state index contributed by atoms with van der Waals surface area (Å²) in [6, 6.07) is 7.61. The van der Waals surface area contributed by atoms with E-state index in [4.69, 9.17) is 0 Å². The van der Waals surface area contributed by atoms with Crippen molar-refractivity contribution in [3.8, 4) is 11.8 Å². The van der Waals surface area contributed by atoms with Crippen molar-refractivity contribution in [2.24, 2.45) is 5.92 Å². The van der Waals surface area contributed by atoms with Gasteiger partial charge >= 0.3 is 0 Å². The molecular formula is C23H22N4O3. The summed E-state index contributed by atoms with van der Waals surface area (Å²) in [7, 11) is 0. The maximum Gasteiger partial charge on any atom is 0.274 e. The highest BCUT2D eigenvalue weighted by atomic mass is 16.3. The number of aliphatic hydroxyl groups excluding tert-OH is 1. The lowest BCUT2D eigenvalue weighted by Gasteiger charge is -2.58. The van der Waals surface area contributed by atoms with Gasteiger partial charge in [-0.2, -0.15) is 0 Å². The smallest absolute Gasteiger partial charge is 0.274 e. The fourth-order valence-electron chi connectivity index (χ4n) is 4.43. The van der Waals surface area contributed by atoms with E-state index in [9.17, 15) is 14.7 Å². The molecule has 7 heteroatoms. The van der Waals surface area contributed by atoms with Gasteiger partial charge in [-0.1, -0.05) is 24.0 Å². The quantitative estimate of drug-likeness (QED) is 0.776. The molecule has 1 aromatic heterocycles. The number of benzene rings is 1. The van der Waals surface area contributed by atoms with E-state index in [0.29, 0.717) is 12.5 Å². The van der Waals surface area contributed by atoms with Gasteiger partial charge in [0.15, 0.2) is 0 Å². The Balaban J connectivity index is 1.36. The molecule has 152 valence electrons. The Morgan fingerprint density at radius 1 is 1.20 bits per heavy atom. The van der Waals surface area contributed by atoms with Gasteiger partial charge in [-0.3, -0.25) is 14.6 Å². The minimum Gasteiger partial charge on any atom is -0.394 e. The van der Waals surface area contributed by atoms with Gasteiger partial charge in [0.25, 0.3) is 5.91 Å². The number of carbonyl (C=O) groups is 2. The van der Waals surface area contributed by atoms with Gasteiger partial charge in [-0.05, 0) is 30.5 Å². The van der Waals surface area contributed by atoms with Crippen LogP contribution in [0.4, 0.5) is 0 Å². The third kappa shape index (κ3) is 3.33. The zero-order valence-corrected chi connectivity index (χ0v) is 16.4. The van der Waals surface area contributed by atoms with Crippen molar-refractivity contribution >= 4 is 11.8 Å². The van der Waals surface area contributed by atoms with Crippen molar-refractivity contribution < 1.29 is 14.7 Å². The second kappa shape index (κ2) is 7.54. The summed E-state index contributed by atoms with van der Waals surface area (Å²) < 4.78 is 0. The Morgan fingerprint density at radius 3 is 2.67 bits per heavy atom. The number of aromatic nitrogens is 2. The predicted molar refractivity (Wildman–Crippen MR) is 108 cm³/mol. The van der Waals surface area contributed by atoms with Crippen molar-refractivity contribution in [2.75, 3.05) is 19.7 Å². The van der Waals surface area contributed by atoms with Crippen LogP contribution >= 0.6 is 0 Å². The lowest BCUT2D eigenvalue weighted by molar-refractivity contribution is -0.159. The molecule has 5 rings (SSSR count). The Bertz CT molecular complexity index is 1020. The van der Waals surface area contributed by atoms with Gasteiger partial charge in [-0.15, -0.1) is 0 Å². The van der Waals surface area contributed by atoms with Crippen molar-refractivity contribution in [3.63, 3.8) is 0 Å². The molecule has 2 aromatic rings. The number of hydrogen-bond donors (Lipinski definition) is 1. The summed E-state index contributed by atoms with van der Waals surface area (Å²) in [6.45, 7) is 0.296.